The summed E-state index contributed by atoms with van der Waals surface area (Å²) >= 11 is 7.55. The van der Waals surface area contributed by atoms with Crippen LogP contribution in [0.1, 0.15) is 12.6 Å². The topological polar surface area (TPSA) is 38.7 Å². The van der Waals surface area contributed by atoms with Crippen molar-refractivity contribution in [2.24, 2.45) is 0 Å². The van der Waals surface area contributed by atoms with Gasteiger partial charge in [0.2, 0.25) is 0 Å². The molecule has 0 fully saturated rings. The molecule has 3 nitrogen and oxygen atoms in total. The lowest BCUT2D eigenvalue weighted by Crippen LogP contribution is -1.93. The van der Waals surface area contributed by atoms with Gasteiger partial charge in [0.15, 0.2) is 10.3 Å². The van der Waals surface area contributed by atoms with E-state index < -0.39 is 0 Å². The van der Waals surface area contributed by atoms with Crippen LogP contribution in [0.5, 0.6) is 0 Å². The molecule has 0 spiro atoms. The van der Waals surface area contributed by atoms with Crippen molar-refractivity contribution in [3.63, 3.8) is 0 Å². The van der Waals surface area contributed by atoms with E-state index in [2.05, 4.69) is 15.0 Å². The van der Waals surface area contributed by atoms with Crippen molar-refractivity contribution >= 4 is 34.3 Å². The zero-order valence-corrected chi connectivity index (χ0v) is 10.1. The van der Waals surface area contributed by atoms with Gasteiger partial charge in [0, 0.05) is 17.3 Å². The summed E-state index contributed by atoms with van der Waals surface area (Å²) in [4.78, 5) is 12.8. The number of halogens is 1. The molecule has 2 rings (SSSR count). The fourth-order valence-electron chi connectivity index (χ4n) is 1.32. The fourth-order valence-corrected chi connectivity index (χ4v) is 1.92. The summed E-state index contributed by atoms with van der Waals surface area (Å²) in [6.45, 7) is 2.04. The van der Waals surface area contributed by atoms with Crippen molar-refractivity contribution in [2.45, 2.75) is 18.5 Å². The summed E-state index contributed by atoms with van der Waals surface area (Å²) < 4.78 is 0. The molecule has 2 aromatic rings. The third kappa shape index (κ3) is 2.06. The molecule has 0 aliphatic rings. The lowest BCUT2D eigenvalue weighted by atomic mass is 10.2. The molecule has 2 aromatic heterocycles. The molecule has 0 unspecified atom stereocenters. The lowest BCUT2D eigenvalue weighted by molar-refractivity contribution is 0.989. The van der Waals surface area contributed by atoms with Crippen LogP contribution in [-0.2, 0) is 6.42 Å². The van der Waals surface area contributed by atoms with E-state index in [1.165, 1.54) is 11.8 Å². The molecule has 5 heteroatoms. The summed E-state index contributed by atoms with van der Waals surface area (Å²) in [6.07, 6.45) is 4.59. The summed E-state index contributed by atoms with van der Waals surface area (Å²) in [7, 11) is 0. The summed E-state index contributed by atoms with van der Waals surface area (Å²) in [5.74, 6) is 0. The number of aryl methyl sites for hydroxylation is 1. The van der Waals surface area contributed by atoms with E-state index in [4.69, 9.17) is 11.6 Å². The number of pyridine rings is 1. The van der Waals surface area contributed by atoms with Crippen LogP contribution in [0.25, 0.3) is 10.9 Å². The lowest BCUT2D eigenvalue weighted by Gasteiger charge is -2.03. The molecule has 2 heterocycles. The molecule has 0 aromatic carbocycles. The first-order valence-electron chi connectivity index (χ1n) is 4.60. The molecule has 0 amide bonds. The van der Waals surface area contributed by atoms with E-state index in [9.17, 15) is 0 Å². The van der Waals surface area contributed by atoms with Gasteiger partial charge in [0.05, 0.1) is 0 Å². The zero-order chi connectivity index (χ0) is 10.8. The summed E-state index contributed by atoms with van der Waals surface area (Å²) in [5.41, 5.74) is 1.70. The summed E-state index contributed by atoms with van der Waals surface area (Å²) in [6, 6.07) is 1.98. The first-order valence-corrected chi connectivity index (χ1v) is 6.21. The first kappa shape index (κ1) is 10.6. The molecule has 0 aliphatic heterocycles. The number of thioether (sulfide) groups is 1. The van der Waals surface area contributed by atoms with E-state index in [1.54, 1.807) is 6.20 Å². The van der Waals surface area contributed by atoms with Gasteiger partial charge in [-0.05, 0) is 18.7 Å². The van der Waals surface area contributed by atoms with Gasteiger partial charge in [0.25, 0.3) is 0 Å². The number of hydrogen-bond donors (Lipinski definition) is 0. The highest BCUT2D eigenvalue weighted by Gasteiger charge is 2.06. The molecular weight excluding hydrogens is 230 g/mol. The van der Waals surface area contributed by atoms with Gasteiger partial charge in [-0.15, -0.1) is 0 Å². The van der Waals surface area contributed by atoms with Crippen LogP contribution in [0, 0.1) is 0 Å². The zero-order valence-electron chi connectivity index (χ0n) is 8.49. The van der Waals surface area contributed by atoms with Crippen LogP contribution in [0.15, 0.2) is 17.4 Å². The van der Waals surface area contributed by atoms with Gasteiger partial charge in [-0.3, -0.25) is 0 Å². The van der Waals surface area contributed by atoms with Crippen LogP contribution in [0.2, 0.25) is 5.15 Å². The van der Waals surface area contributed by atoms with Gasteiger partial charge in [0.1, 0.15) is 5.52 Å². The second kappa shape index (κ2) is 4.33. The normalized spacial score (nSPS) is 10.9. The van der Waals surface area contributed by atoms with Crippen LogP contribution in [-0.4, -0.2) is 21.2 Å². The maximum absolute atomic E-state index is 6.06. The molecule has 0 aliphatic carbocycles. The Morgan fingerprint density at radius 1 is 1.40 bits per heavy atom. The number of hydrogen-bond acceptors (Lipinski definition) is 4. The third-order valence-electron chi connectivity index (χ3n) is 2.10. The van der Waals surface area contributed by atoms with Gasteiger partial charge in [-0.1, -0.05) is 30.3 Å². The molecule has 78 valence electrons. The second-order valence-corrected chi connectivity index (χ2v) is 4.18. The highest BCUT2D eigenvalue weighted by molar-refractivity contribution is 7.98. The first-order chi connectivity index (χ1) is 7.24. The molecule has 0 bridgehead atoms. The Bertz CT molecular complexity index is 501. The third-order valence-corrected chi connectivity index (χ3v) is 2.92. The Labute approximate surface area is 97.3 Å². The summed E-state index contributed by atoms with van der Waals surface area (Å²) in [5, 5.41) is 2.13. The number of aromatic nitrogens is 3. The Balaban J connectivity index is 2.68. The quantitative estimate of drug-likeness (QED) is 0.459. The van der Waals surface area contributed by atoms with Crippen molar-refractivity contribution in [3.8, 4) is 0 Å². The van der Waals surface area contributed by atoms with Crippen LogP contribution < -0.4 is 0 Å². The standard InChI is InChI=1S/C10H10ClN3S/c1-3-7-4-6-5-12-10(15-2)14-8(6)9(11)13-7/h4-5H,3H2,1-2H3. The Kier molecular flexibility index (Phi) is 3.07. The molecule has 0 N–H and O–H groups in total. The Morgan fingerprint density at radius 3 is 2.87 bits per heavy atom. The SMILES string of the molecule is CCc1cc2cnc(SC)nc2c(Cl)n1. The minimum absolute atomic E-state index is 0.460. The molecule has 0 radical (unpaired) electrons. The average Bonchev–Trinajstić information content (AvgIpc) is 2.28. The van der Waals surface area contributed by atoms with Crippen LogP contribution >= 0.6 is 23.4 Å². The Hall–Kier alpha value is -0.870. The van der Waals surface area contributed by atoms with Gasteiger partial charge in [-0.2, -0.15) is 0 Å². The largest absolute Gasteiger partial charge is 0.239 e. The molecule has 0 saturated carbocycles. The minimum Gasteiger partial charge on any atom is -0.239 e. The van der Waals surface area contributed by atoms with Crippen LogP contribution in [0.3, 0.4) is 0 Å². The van der Waals surface area contributed by atoms with E-state index in [0.717, 1.165) is 28.2 Å². The van der Waals surface area contributed by atoms with E-state index in [1.807, 2.05) is 19.2 Å². The maximum atomic E-state index is 6.06. The average molecular weight is 240 g/mol. The number of fused-ring (bicyclic) bond motifs is 1. The van der Waals surface area contributed by atoms with Gasteiger partial charge < -0.3 is 0 Å². The monoisotopic (exact) mass is 239 g/mol. The molecule has 0 saturated heterocycles. The highest BCUT2D eigenvalue weighted by atomic mass is 35.5. The molecular formula is C10H10ClN3S. The van der Waals surface area contributed by atoms with E-state index in [-0.39, 0.29) is 0 Å². The Morgan fingerprint density at radius 2 is 2.20 bits per heavy atom. The van der Waals surface area contributed by atoms with Crippen molar-refractivity contribution in [1.29, 1.82) is 0 Å². The van der Waals surface area contributed by atoms with E-state index >= 15 is 0 Å². The van der Waals surface area contributed by atoms with Crippen molar-refractivity contribution in [3.05, 3.63) is 23.1 Å². The number of nitrogens with zero attached hydrogens (tertiary/aromatic N) is 3. The minimum atomic E-state index is 0.460. The van der Waals surface area contributed by atoms with Gasteiger partial charge >= 0.3 is 0 Å². The van der Waals surface area contributed by atoms with Crippen molar-refractivity contribution in [2.75, 3.05) is 6.26 Å². The fraction of sp³-hybridized carbons (Fsp3) is 0.300. The van der Waals surface area contributed by atoms with Crippen molar-refractivity contribution in [1.82, 2.24) is 15.0 Å². The smallest absolute Gasteiger partial charge is 0.187 e. The predicted octanol–water partition coefficient (Wildman–Crippen LogP) is 2.96. The van der Waals surface area contributed by atoms with Gasteiger partial charge in [-0.25, -0.2) is 15.0 Å². The van der Waals surface area contributed by atoms with Crippen molar-refractivity contribution < 1.29 is 0 Å². The second-order valence-electron chi connectivity index (χ2n) is 3.05. The molecule has 0 atom stereocenters. The van der Waals surface area contributed by atoms with E-state index in [0.29, 0.717) is 5.15 Å². The maximum Gasteiger partial charge on any atom is 0.187 e. The molecule has 15 heavy (non-hydrogen) atoms. The van der Waals surface area contributed by atoms with Crippen LogP contribution in [0.4, 0.5) is 0 Å². The number of rotatable bonds is 2. The highest BCUT2D eigenvalue weighted by Crippen LogP contribution is 2.22. The predicted molar refractivity (Wildman–Crippen MR) is 63.5 cm³/mol.